The van der Waals surface area contributed by atoms with Gasteiger partial charge in [-0.25, -0.2) is 5.10 Å². The fraction of sp³-hybridized carbons (Fsp3) is 0.0625. The fourth-order valence-corrected chi connectivity index (χ4v) is 3.32. The Morgan fingerprint density at radius 1 is 1.35 bits per heavy atom. The molecule has 0 saturated carbocycles. The molecule has 0 radical (unpaired) electrons. The van der Waals surface area contributed by atoms with Crippen LogP contribution in [0.4, 0.5) is 0 Å². The molecular weight excluding hydrogens is 463 g/mol. The molecule has 134 valence electrons. The summed E-state index contributed by atoms with van der Waals surface area (Å²) >= 11 is 20.7. The fourth-order valence-electron chi connectivity index (χ4n) is 2.19. The highest BCUT2D eigenvalue weighted by atomic mass is 79.9. The molecule has 3 aromatic rings. The summed E-state index contributed by atoms with van der Waals surface area (Å²) in [6.45, 7) is 0. The standard InChI is InChI=1S/C16H11BrCl2N4O2S/c1-25-13-5-8(4-11(17)14(13)24)7-20-23-15(21-22-16(23)26)10-3-2-9(18)6-12(10)19/h2-7,24H,1H3,(H,22,26). The Morgan fingerprint density at radius 3 is 2.81 bits per heavy atom. The zero-order valence-electron chi connectivity index (χ0n) is 13.2. The van der Waals surface area contributed by atoms with E-state index >= 15 is 0 Å². The van der Waals surface area contributed by atoms with Crippen molar-refractivity contribution in [3.63, 3.8) is 0 Å². The summed E-state index contributed by atoms with van der Waals surface area (Å²) in [7, 11) is 1.47. The number of hydrogen-bond acceptors (Lipinski definition) is 5. The first-order chi connectivity index (χ1) is 12.4. The van der Waals surface area contributed by atoms with Gasteiger partial charge < -0.3 is 9.84 Å². The van der Waals surface area contributed by atoms with Crippen LogP contribution >= 0.6 is 51.3 Å². The summed E-state index contributed by atoms with van der Waals surface area (Å²) in [5.41, 5.74) is 1.31. The molecule has 10 heteroatoms. The summed E-state index contributed by atoms with van der Waals surface area (Å²) in [4.78, 5) is 0. The molecule has 0 atom stereocenters. The number of aromatic amines is 1. The number of phenols is 1. The van der Waals surface area contributed by atoms with Crippen LogP contribution in [-0.2, 0) is 0 Å². The third-order valence-corrected chi connectivity index (χ3v) is 4.83. The maximum Gasteiger partial charge on any atom is 0.216 e. The summed E-state index contributed by atoms with van der Waals surface area (Å²) < 4.78 is 7.35. The van der Waals surface area contributed by atoms with Crippen molar-refractivity contribution in [1.29, 1.82) is 0 Å². The molecule has 0 bridgehead atoms. The molecule has 26 heavy (non-hydrogen) atoms. The number of hydrogen-bond donors (Lipinski definition) is 2. The van der Waals surface area contributed by atoms with E-state index in [0.29, 0.717) is 42.0 Å². The molecule has 0 amide bonds. The van der Waals surface area contributed by atoms with Crippen molar-refractivity contribution in [2.24, 2.45) is 5.10 Å². The number of aromatic nitrogens is 3. The van der Waals surface area contributed by atoms with E-state index in [1.54, 1.807) is 36.5 Å². The minimum Gasteiger partial charge on any atom is -0.503 e. The Morgan fingerprint density at radius 2 is 2.12 bits per heavy atom. The third-order valence-electron chi connectivity index (χ3n) is 3.42. The van der Waals surface area contributed by atoms with Crippen molar-refractivity contribution in [3.8, 4) is 22.9 Å². The molecule has 2 aromatic carbocycles. The molecule has 2 N–H and O–H groups in total. The first-order valence-corrected chi connectivity index (χ1v) is 9.10. The molecule has 0 aliphatic rings. The lowest BCUT2D eigenvalue weighted by Crippen LogP contribution is -1.96. The minimum atomic E-state index is 0.0122. The number of H-pyrrole nitrogens is 1. The molecule has 0 aliphatic carbocycles. The number of nitrogens with zero attached hydrogens (tertiary/aromatic N) is 3. The SMILES string of the molecule is COc1cc(C=Nn2c(-c3ccc(Cl)cc3Cl)n[nH]c2=S)cc(Br)c1O. The number of aromatic hydroxyl groups is 1. The van der Waals surface area contributed by atoms with Gasteiger partial charge in [-0.2, -0.15) is 14.9 Å². The van der Waals surface area contributed by atoms with Crippen LogP contribution in [0.25, 0.3) is 11.4 Å². The zero-order valence-corrected chi connectivity index (χ0v) is 17.1. The Bertz CT molecular complexity index is 1060. The van der Waals surface area contributed by atoms with Crippen LogP contribution < -0.4 is 4.74 Å². The van der Waals surface area contributed by atoms with Crippen molar-refractivity contribution >= 4 is 57.6 Å². The maximum absolute atomic E-state index is 9.89. The smallest absolute Gasteiger partial charge is 0.216 e. The summed E-state index contributed by atoms with van der Waals surface area (Å²) in [6, 6.07) is 8.40. The summed E-state index contributed by atoms with van der Waals surface area (Å²) in [6.07, 6.45) is 1.56. The predicted molar refractivity (Wildman–Crippen MR) is 108 cm³/mol. The Labute approximate surface area is 172 Å². The van der Waals surface area contributed by atoms with Gasteiger partial charge in [-0.05, 0) is 64.0 Å². The van der Waals surface area contributed by atoms with Gasteiger partial charge in [0.2, 0.25) is 4.77 Å². The first kappa shape index (κ1) is 18.9. The second-order valence-corrected chi connectivity index (χ2v) is 7.17. The van der Waals surface area contributed by atoms with Crippen LogP contribution in [0.1, 0.15) is 5.56 Å². The van der Waals surface area contributed by atoms with Gasteiger partial charge in [0.15, 0.2) is 17.3 Å². The van der Waals surface area contributed by atoms with Crippen molar-refractivity contribution in [3.05, 3.63) is 55.2 Å². The van der Waals surface area contributed by atoms with Gasteiger partial charge >= 0.3 is 0 Å². The number of benzene rings is 2. The average molecular weight is 474 g/mol. The third kappa shape index (κ3) is 3.78. The second kappa shape index (κ2) is 7.79. The van der Waals surface area contributed by atoms with E-state index in [0.717, 1.165) is 0 Å². The molecule has 0 fully saturated rings. The number of halogens is 3. The first-order valence-electron chi connectivity index (χ1n) is 7.14. The van der Waals surface area contributed by atoms with E-state index in [-0.39, 0.29) is 5.75 Å². The second-order valence-electron chi connectivity index (χ2n) is 5.09. The van der Waals surface area contributed by atoms with E-state index in [4.69, 9.17) is 40.2 Å². The number of methoxy groups -OCH3 is 1. The lowest BCUT2D eigenvalue weighted by Gasteiger charge is -2.07. The van der Waals surface area contributed by atoms with Crippen molar-refractivity contribution in [2.45, 2.75) is 0 Å². The van der Waals surface area contributed by atoms with Gasteiger partial charge in [0, 0.05) is 10.6 Å². The van der Waals surface area contributed by atoms with E-state index < -0.39 is 0 Å². The highest BCUT2D eigenvalue weighted by Gasteiger charge is 2.13. The van der Waals surface area contributed by atoms with E-state index in [2.05, 4.69) is 31.2 Å². The van der Waals surface area contributed by atoms with Crippen LogP contribution in [0.2, 0.25) is 10.0 Å². The van der Waals surface area contributed by atoms with Crippen molar-refractivity contribution < 1.29 is 9.84 Å². The highest BCUT2D eigenvalue weighted by Crippen LogP contribution is 2.35. The van der Waals surface area contributed by atoms with Crippen LogP contribution in [0.15, 0.2) is 39.9 Å². The minimum absolute atomic E-state index is 0.0122. The van der Waals surface area contributed by atoms with Crippen molar-refractivity contribution in [2.75, 3.05) is 7.11 Å². The largest absolute Gasteiger partial charge is 0.503 e. The topological polar surface area (TPSA) is 75.4 Å². The quantitative estimate of drug-likeness (QED) is 0.399. The van der Waals surface area contributed by atoms with Gasteiger partial charge in [-0.1, -0.05) is 23.2 Å². The molecular formula is C16H11BrCl2N4O2S. The lowest BCUT2D eigenvalue weighted by molar-refractivity contribution is 0.372. The monoisotopic (exact) mass is 472 g/mol. The molecule has 0 unspecified atom stereocenters. The number of phenolic OH excluding ortho intramolecular Hbond substituents is 1. The van der Waals surface area contributed by atoms with Gasteiger partial charge in [0.1, 0.15) is 0 Å². The van der Waals surface area contributed by atoms with E-state index in [1.807, 2.05) is 0 Å². The Kier molecular flexibility index (Phi) is 5.67. The maximum atomic E-state index is 9.89. The molecule has 3 rings (SSSR count). The predicted octanol–water partition coefficient (Wildman–Crippen LogP) is 5.27. The van der Waals surface area contributed by atoms with E-state index in [1.165, 1.54) is 11.8 Å². The number of ether oxygens (including phenoxy) is 1. The van der Waals surface area contributed by atoms with Gasteiger partial charge in [-0.15, -0.1) is 0 Å². The highest BCUT2D eigenvalue weighted by molar-refractivity contribution is 9.10. The summed E-state index contributed by atoms with van der Waals surface area (Å²) in [5.74, 6) is 0.772. The van der Waals surface area contributed by atoms with E-state index in [9.17, 15) is 5.11 Å². The van der Waals surface area contributed by atoms with Crippen LogP contribution in [0.5, 0.6) is 11.5 Å². The Balaban J connectivity index is 2.04. The molecule has 1 aromatic heterocycles. The average Bonchev–Trinajstić information content (AvgIpc) is 2.96. The number of nitrogens with one attached hydrogen (secondary N) is 1. The zero-order chi connectivity index (χ0) is 18.8. The molecule has 0 saturated heterocycles. The van der Waals surface area contributed by atoms with Gasteiger partial charge in [0.05, 0.1) is 22.8 Å². The summed E-state index contributed by atoms with van der Waals surface area (Å²) in [5, 5.41) is 22.1. The normalized spacial score (nSPS) is 11.2. The van der Waals surface area contributed by atoms with Crippen molar-refractivity contribution in [1.82, 2.24) is 14.9 Å². The van der Waals surface area contributed by atoms with Gasteiger partial charge in [0.25, 0.3) is 0 Å². The lowest BCUT2D eigenvalue weighted by atomic mass is 10.2. The molecule has 0 spiro atoms. The Hall–Kier alpha value is -1.87. The molecule has 6 nitrogen and oxygen atoms in total. The van der Waals surface area contributed by atoms with Crippen LogP contribution in [-0.4, -0.2) is 33.3 Å². The molecule has 0 aliphatic heterocycles. The van der Waals surface area contributed by atoms with Gasteiger partial charge in [-0.3, -0.25) is 0 Å². The van der Waals surface area contributed by atoms with Crippen LogP contribution in [0, 0.1) is 4.77 Å². The molecule has 1 heterocycles. The van der Waals surface area contributed by atoms with Crippen LogP contribution in [0.3, 0.4) is 0 Å². The number of rotatable bonds is 4.